The third-order valence-electron chi connectivity index (χ3n) is 2.11. The zero-order chi connectivity index (χ0) is 11.6. The molecule has 1 heterocycles. The number of hydrogen-bond donors (Lipinski definition) is 0. The fourth-order valence-corrected chi connectivity index (χ4v) is 1.64. The molecule has 0 unspecified atom stereocenters. The van der Waals surface area contributed by atoms with Crippen molar-refractivity contribution in [2.24, 2.45) is 0 Å². The second-order valence-electron chi connectivity index (χ2n) is 3.71. The molecule has 0 saturated heterocycles. The lowest BCUT2D eigenvalue weighted by atomic mass is 10.1. The minimum Gasteiger partial charge on any atom is -0.407 e. The van der Waals surface area contributed by atoms with Crippen molar-refractivity contribution in [3.05, 3.63) is 17.3 Å². The Morgan fingerprint density at radius 3 is 2.47 bits per heavy atom. The van der Waals surface area contributed by atoms with E-state index in [1.165, 1.54) is 6.92 Å². The maximum absolute atomic E-state index is 10.9. The van der Waals surface area contributed by atoms with Crippen LogP contribution in [-0.4, -0.2) is 25.0 Å². The van der Waals surface area contributed by atoms with Gasteiger partial charge in [0, 0.05) is 38.5 Å². The Morgan fingerprint density at radius 1 is 1.40 bits per heavy atom. The van der Waals surface area contributed by atoms with Crippen LogP contribution in [0.25, 0.3) is 0 Å². The van der Waals surface area contributed by atoms with E-state index in [4.69, 9.17) is 4.74 Å². The first kappa shape index (κ1) is 11.5. The van der Waals surface area contributed by atoms with Crippen molar-refractivity contribution in [3.63, 3.8) is 0 Å². The Kier molecular flexibility index (Phi) is 3.29. The van der Waals surface area contributed by atoms with Crippen LogP contribution in [0.4, 0.5) is 5.69 Å². The molecule has 0 spiro atoms. The van der Waals surface area contributed by atoms with Gasteiger partial charge in [-0.2, -0.15) is 0 Å². The van der Waals surface area contributed by atoms with Crippen molar-refractivity contribution in [1.82, 2.24) is 4.98 Å². The topological polar surface area (TPSA) is 42.4 Å². The van der Waals surface area contributed by atoms with Crippen LogP contribution in [0.3, 0.4) is 0 Å². The van der Waals surface area contributed by atoms with E-state index >= 15 is 0 Å². The molecule has 1 aromatic rings. The Morgan fingerprint density at radius 2 is 2.00 bits per heavy atom. The van der Waals surface area contributed by atoms with Crippen LogP contribution in [0.5, 0.6) is 5.88 Å². The number of carbonyl (C=O) groups excluding carboxylic acids is 1. The molecule has 82 valence electrons. The summed E-state index contributed by atoms with van der Waals surface area (Å²) >= 11 is 0. The smallest absolute Gasteiger partial charge is 0.309 e. The van der Waals surface area contributed by atoms with Gasteiger partial charge in [-0.1, -0.05) is 0 Å². The molecular formula is C11H16N2O2. The van der Waals surface area contributed by atoms with Gasteiger partial charge >= 0.3 is 5.97 Å². The molecule has 1 rings (SSSR count). The lowest BCUT2D eigenvalue weighted by molar-refractivity contribution is -0.132. The summed E-state index contributed by atoms with van der Waals surface area (Å²) in [5, 5.41) is 0. The SMILES string of the molecule is CC(=O)Oc1ncc(C)c(N(C)C)c1C. The zero-order valence-corrected chi connectivity index (χ0v) is 9.79. The second kappa shape index (κ2) is 4.29. The van der Waals surface area contributed by atoms with Crippen molar-refractivity contribution < 1.29 is 9.53 Å². The number of anilines is 1. The molecule has 0 aliphatic heterocycles. The van der Waals surface area contributed by atoms with E-state index in [1.807, 2.05) is 32.8 Å². The van der Waals surface area contributed by atoms with Crippen LogP contribution in [0.2, 0.25) is 0 Å². The van der Waals surface area contributed by atoms with Gasteiger partial charge in [0.25, 0.3) is 0 Å². The van der Waals surface area contributed by atoms with Crippen molar-refractivity contribution in [2.45, 2.75) is 20.8 Å². The molecule has 0 N–H and O–H groups in total. The van der Waals surface area contributed by atoms with Crippen LogP contribution in [0.1, 0.15) is 18.1 Å². The Bertz CT molecular complexity index is 386. The third-order valence-corrected chi connectivity index (χ3v) is 2.11. The van der Waals surface area contributed by atoms with E-state index in [-0.39, 0.29) is 5.97 Å². The van der Waals surface area contributed by atoms with Gasteiger partial charge in [-0.3, -0.25) is 4.79 Å². The van der Waals surface area contributed by atoms with Crippen LogP contribution in [0, 0.1) is 13.8 Å². The highest BCUT2D eigenvalue weighted by molar-refractivity contribution is 5.71. The summed E-state index contributed by atoms with van der Waals surface area (Å²) in [6.45, 7) is 5.25. The maximum Gasteiger partial charge on any atom is 0.309 e. The van der Waals surface area contributed by atoms with Gasteiger partial charge < -0.3 is 9.64 Å². The largest absolute Gasteiger partial charge is 0.407 e. The van der Waals surface area contributed by atoms with E-state index in [0.717, 1.165) is 16.8 Å². The summed E-state index contributed by atoms with van der Waals surface area (Å²) in [6.07, 6.45) is 1.71. The fraction of sp³-hybridized carbons (Fsp3) is 0.455. The number of carbonyl (C=O) groups is 1. The first-order valence-corrected chi connectivity index (χ1v) is 4.75. The van der Waals surface area contributed by atoms with Crippen LogP contribution in [0.15, 0.2) is 6.20 Å². The third kappa shape index (κ3) is 2.46. The molecule has 4 heteroatoms. The van der Waals surface area contributed by atoms with Crippen LogP contribution >= 0.6 is 0 Å². The molecule has 0 atom stereocenters. The molecule has 0 saturated carbocycles. The molecule has 1 aromatic heterocycles. The predicted octanol–water partition coefficient (Wildman–Crippen LogP) is 1.69. The normalized spacial score (nSPS) is 9.93. The molecule has 0 fully saturated rings. The lowest BCUT2D eigenvalue weighted by Crippen LogP contribution is -2.14. The van der Waals surface area contributed by atoms with E-state index < -0.39 is 0 Å². The van der Waals surface area contributed by atoms with Gasteiger partial charge in [0.1, 0.15) is 0 Å². The Labute approximate surface area is 89.9 Å². The number of rotatable bonds is 2. The minimum atomic E-state index is -0.348. The number of hydrogen-bond acceptors (Lipinski definition) is 4. The summed E-state index contributed by atoms with van der Waals surface area (Å²) in [7, 11) is 3.90. The molecule has 0 amide bonds. The van der Waals surface area contributed by atoms with Crippen molar-refractivity contribution in [2.75, 3.05) is 19.0 Å². The van der Waals surface area contributed by atoms with E-state index in [1.54, 1.807) is 6.20 Å². The molecule has 0 bridgehead atoms. The van der Waals surface area contributed by atoms with Gasteiger partial charge in [0.15, 0.2) is 0 Å². The number of esters is 1. The fourth-order valence-electron chi connectivity index (χ4n) is 1.64. The minimum absolute atomic E-state index is 0.348. The Balaban J connectivity index is 3.22. The summed E-state index contributed by atoms with van der Waals surface area (Å²) < 4.78 is 5.01. The van der Waals surface area contributed by atoms with Crippen molar-refractivity contribution >= 4 is 11.7 Å². The predicted molar refractivity (Wildman–Crippen MR) is 59.3 cm³/mol. The standard InChI is InChI=1S/C11H16N2O2/c1-7-6-12-11(15-9(3)14)8(2)10(7)13(4)5/h6H,1-5H3. The highest BCUT2D eigenvalue weighted by Gasteiger charge is 2.12. The first-order chi connectivity index (χ1) is 6.93. The number of nitrogens with zero attached hydrogens (tertiary/aromatic N) is 2. The van der Waals surface area contributed by atoms with Crippen LogP contribution in [-0.2, 0) is 4.79 Å². The second-order valence-corrected chi connectivity index (χ2v) is 3.71. The monoisotopic (exact) mass is 208 g/mol. The van der Waals surface area contributed by atoms with Crippen molar-refractivity contribution in [1.29, 1.82) is 0 Å². The van der Waals surface area contributed by atoms with Gasteiger partial charge in [-0.15, -0.1) is 0 Å². The van der Waals surface area contributed by atoms with Gasteiger partial charge in [0.2, 0.25) is 5.88 Å². The number of aryl methyl sites for hydroxylation is 1. The average Bonchev–Trinajstić information content (AvgIpc) is 2.09. The average molecular weight is 208 g/mol. The number of ether oxygens (including phenoxy) is 1. The lowest BCUT2D eigenvalue weighted by Gasteiger charge is -2.19. The Hall–Kier alpha value is -1.58. The summed E-state index contributed by atoms with van der Waals surface area (Å²) in [6, 6.07) is 0. The summed E-state index contributed by atoms with van der Waals surface area (Å²) in [5.41, 5.74) is 2.99. The van der Waals surface area contributed by atoms with E-state index in [9.17, 15) is 4.79 Å². The van der Waals surface area contributed by atoms with Crippen molar-refractivity contribution in [3.8, 4) is 5.88 Å². The molecule has 0 aliphatic rings. The quantitative estimate of drug-likeness (QED) is 0.694. The maximum atomic E-state index is 10.9. The highest BCUT2D eigenvalue weighted by atomic mass is 16.5. The van der Waals surface area contributed by atoms with Crippen LogP contribution < -0.4 is 9.64 Å². The molecule has 0 aromatic carbocycles. The molecule has 0 radical (unpaired) electrons. The molecular weight excluding hydrogens is 192 g/mol. The zero-order valence-electron chi connectivity index (χ0n) is 9.79. The van der Waals surface area contributed by atoms with Gasteiger partial charge in [0.05, 0.1) is 0 Å². The van der Waals surface area contributed by atoms with Gasteiger partial charge in [-0.05, 0) is 19.4 Å². The van der Waals surface area contributed by atoms with Gasteiger partial charge in [-0.25, -0.2) is 4.98 Å². The number of pyridine rings is 1. The molecule has 0 aliphatic carbocycles. The summed E-state index contributed by atoms with van der Waals surface area (Å²) in [4.78, 5) is 16.9. The highest BCUT2D eigenvalue weighted by Crippen LogP contribution is 2.28. The van der Waals surface area contributed by atoms with E-state index in [2.05, 4.69) is 4.98 Å². The first-order valence-electron chi connectivity index (χ1n) is 4.75. The summed E-state index contributed by atoms with van der Waals surface area (Å²) in [5.74, 6) is 0.0379. The molecule has 15 heavy (non-hydrogen) atoms. The molecule has 4 nitrogen and oxygen atoms in total. The van der Waals surface area contributed by atoms with E-state index in [0.29, 0.717) is 5.88 Å². The number of aromatic nitrogens is 1.